The second-order valence-corrected chi connectivity index (χ2v) is 8.23. The third kappa shape index (κ3) is 2.57. The number of nitrogens with zero attached hydrogens (tertiary/aromatic N) is 3. The summed E-state index contributed by atoms with van der Waals surface area (Å²) in [5.74, 6) is 0. The summed E-state index contributed by atoms with van der Waals surface area (Å²) in [5.41, 5.74) is 6.27. The first-order chi connectivity index (χ1) is 14.7. The third-order valence-electron chi connectivity index (χ3n) is 6.10. The fraction of sp³-hybridized carbons (Fsp3) is 0.192. The molecule has 0 saturated heterocycles. The van der Waals surface area contributed by atoms with Gasteiger partial charge in [-0.1, -0.05) is 73.5 Å². The molecule has 3 aromatic rings. The number of hydrogen-bond donors (Lipinski definition) is 0. The molecule has 1 aliphatic heterocycles. The molecule has 148 valence electrons. The highest BCUT2D eigenvalue weighted by atomic mass is 35.5. The summed E-state index contributed by atoms with van der Waals surface area (Å²) in [4.78, 5) is 0. The number of unbranched alkanes of at least 4 members (excludes halogenated alkanes) is 1. The van der Waals surface area contributed by atoms with Gasteiger partial charge in [0.2, 0.25) is 6.19 Å². The maximum Gasteiger partial charge on any atom is 0.204 e. The van der Waals surface area contributed by atoms with Crippen molar-refractivity contribution in [2.24, 2.45) is 0 Å². The average Bonchev–Trinajstić information content (AvgIpc) is 3.27. The van der Waals surface area contributed by atoms with E-state index >= 15 is 0 Å². The molecule has 0 amide bonds. The van der Waals surface area contributed by atoms with Crippen molar-refractivity contribution in [3.05, 3.63) is 101 Å². The predicted molar refractivity (Wildman–Crippen MR) is 122 cm³/mol. The quantitative estimate of drug-likeness (QED) is 0.439. The van der Waals surface area contributed by atoms with E-state index in [1.165, 1.54) is 22.3 Å². The number of anilines is 1. The van der Waals surface area contributed by atoms with E-state index < -0.39 is 5.54 Å². The van der Waals surface area contributed by atoms with Gasteiger partial charge in [0.05, 0.1) is 11.4 Å². The Morgan fingerprint density at radius 3 is 2.07 bits per heavy atom. The summed E-state index contributed by atoms with van der Waals surface area (Å²) in [6.07, 6.45) is 7.74. The van der Waals surface area contributed by atoms with E-state index in [0.29, 0.717) is 5.02 Å². The van der Waals surface area contributed by atoms with Gasteiger partial charge in [-0.2, -0.15) is 10.3 Å². The topological polar surface area (TPSA) is 30.3 Å². The molecule has 1 aliphatic carbocycles. The molecule has 0 bridgehead atoms. The van der Waals surface area contributed by atoms with Gasteiger partial charge >= 0.3 is 0 Å². The van der Waals surface area contributed by atoms with Crippen molar-refractivity contribution in [3.63, 3.8) is 0 Å². The number of hydrogen-bond acceptors (Lipinski definition) is 3. The lowest BCUT2D eigenvalue weighted by atomic mass is 9.86. The molecule has 0 N–H and O–H groups in total. The Hall–Kier alpha value is -3.22. The van der Waals surface area contributed by atoms with Crippen molar-refractivity contribution in [1.82, 2.24) is 5.01 Å². The molecular weight excluding hydrogens is 390 g/mol. The number of benzene rings is 3. The molecule has 0 aromatic heterocycles. The normalized spacial score (nSPS) is 15.7. The number of fused-ring (bicyclic) bond motifs is 5. The van der Waals surface area contributed by atoms with Gasteiger partial charge in [-0.15, -0.1) is 0 Å². The Bertz CT molecular complexity index is 1130. The minimum atomic E-state index is -0.556. The molecule has 0 unspecified atom stereocenters. The zero-order chi connectivity index (χ0) is 20.7. The highest BCUT2D eigenvalue weighted by Gasteiger charge is 2.53. The monoisotopic (exact) mass is 411 g/mol. The molecule has 4 heteroatoms. The summed E-state index contributed by atoms with van der Waals surface area (Å²) in [7, 11) is 0. The van der Waals surface area contributed by atoms with E-state index in [9.17, 15) is 5.26 Å². The SMILES string of the molecule is CCCCC1=CC2(c3ccccc3-c3ccccc32)N(c2ccc(Cl)cc2)N1C#N. The lowest BCUT2D eigenvalue weighted by Crippen LogP contribution is -2.47. The van der Waals surface area contributed by atoms with Crippen LogP contribution in [0.15, 0.2) is 84.6 Å². The largest absolute Gasteiger partial charge is 0.253 e. The Morgan fingerprint density at radius 1 is 0.900 bits per heavy atom. The standard InChI is InChI=1S/C26H22ClN3/c1-2-3-8-21-17-26(30(29(21)18-28)20-15-13-19(27)14-16-20)24-11-6-4-9-22(24)23-10-5-7-12-25(23)26/h4-7,9-17H,2-3,8H2,1H3. The summed E-state index contributed by atoms with van der Waals surface area (Å²) < 4.78 is 0. The number of nitriles is 1. The molecule has 0 fully saturated rings. The molecular formula is C26H22ClN3. The zero-order valence-corrected chi connectivity index (χ0v) is 17.6. The Balaban J connectivity index is 1.82. The summed E-state index contributed by atoms with van der Waals surface area (Å²) >= 11 is 6.19. The van der Waals surface area contributed by atoms with Crippen molar-refractivity contribution < 1.29 is 0 Å². The van der Waals surface area contributed by atoms with E-state index in [2.05, 4.69) is 72.7 Å². The van der Waals surface area contributed by atoms with Crippen LogP contribution in [0.25, 0.3) is 11.1 Å². The van der Waals surface area contributed by atoms with Crippen molar-refractivity contribution in [1.29, 1.82) is 5.26 Å². The Kier molecular flexibility index (Phi) is 4.53. The molecule has 0 atom stereocenters. The van der Waals surface area contributed by atoms with Crippen molar-refractivity contribution in [3.8, 4) is 17.3 Å². The predicted octanol–water partition coefficient (Wildman–Crippen LogP) is 6.86. The Labute approximate surface area is 182 Å². The van der Waals surface area contributed by atoms with Gasteiger partial charge in [0.25, 0.3) is 0 Å². The first kappa shape index (κ1) is 18.8. The van der Waals surface area contributed by atoms with Crippen LogP contribution >= 0.6 is 11.6 Å². The molecule has 30 heavy (non-hydrogen) atoms. The van der Waals surface area contributed by atoms with Crippen LogP contribution in [0.3, 0.4) is 0 Å². The van der Waals surface area contributed by atoms with Crippen LogP contribution in [0.1, 0.15) is 37.3 Å². The minimum absolute atomic E-state index is 0.556. The van der Waals surface area contributed by atoms with Gasteiger partial charge in [-0.05, 0) is 65.4 Å². The average molecular weight is 412 g/mol. The Morgan fingerprint density at radius 2 is 1.50 bits per heavy atom. The van der Waals surface area contributed by atoms with E-state index in [0.717, 1.165) is 30.6 Å². The highest BCUT2D eigenvalue weighted by Crippen LogP contribution is 2.56. The number of halogens is 1. The summed E-state index contributed by atoms with van der Waals surface area (Å²) in [6.45, 7) is 2.18. The maximum atomic E-state index is 10.2. The molecule has 5 rings (SSSR count). The number of rotatable bonds is 4. The van der Waals surface area contributed by atoms with Gasteiger partial charge in [-0.3, -0.25) is 5.01 Å². The lowest BCUT2D eigenvalue weighted by Gasteiger charge is -2.40. The smallest absolute Gasteiger partial charge is 0.204 e. The fourth-order valence-electron chi connectivity index (χ4n) is 4.83. The lowest BCUT2D eigenvalue weighted by molar-refractivity contribution is 0.395. The third-order valence-corrected chi connectivity index (χ3v) is 6.35. The molecule has 1 spiro atoms. The highest BCUT2D eigenvalue weighted by molar-refractivity contribution is 6.30. The second-order valence-electron chi connectivity index (χ2n) is 7.80. The maximum absolute atomic E-state index is 10.2. The van der Waals surface area contributed by atoms with Crippen molar-refractivity contribution in [2.45, 2.75) is 31.7 Å². The van der Waals surface area contributed by atoms with Crippen LogP contribution in [-0.4, -0.2) is 5.01 Å². The van der Waals surface area contributed by atoms with Crippen molar-refractivity contribution in [2.75, 3.05) is 5.01 Å². The fourth-order valence-corrected chi connectivity index (χ4v) is 4.95. The van der Waals surface area contributed by atoms with E-state index in [-0.39, 0.29) is 0 Å². The van der Waals surface area contributed by atoms with E-state index in [1.54, 1.807) is 5.01 Å². The van der Waals surface area contributed by atoms with Crippen LogP contribution < -0.4 is 5.01 Å². The van der Waals surface area contributed by atoms with Gasteiger partial charge in [0.1, 0.15) is 5.54 Å². The molecule has 2 aliphatic rings. The van der Waals surface area contributed by atoms with Gasteiger partial charge < -0.3 is 0 Å². The second kappa shape index (κ2) is 7.23. The van der Waals surface area contributed by atoms with E-state index in [1.807, 2.05) is 24.3 Å². The van der Waals surface area contributed by atoms with Crippen LogP contribution in [0.2, 0.25) is 5.02 Å². The number of allylic oxidation sites excluding steroid dienone is 1. The summed E-state index contributed by atoms with van der Waals surface area (Å²) in [5, 5.41) is 14.8. The molecule has 0 saturated carbocycles. The van der Waals surface area contributed by atoms with E-state index in [4.69, 9.17) is 11.6 Å². The minimum Gasteiger partial charge on any atom is -0.253 e. The zero-order valence-electron chi connectivity index (χ0n) is 16.8. The molecule has 1 heterocycles. The molecule has 0 radical (unpaired) electrons. The van der Waals surface area contributed by atoms with Crippen LogP contribution in [0, 0.1) is 11.5 Å². The summed E-state index contributed by atoms with van der Waals surface area (Å²) in [6, 6.07) is 24.8. The van der Waals surface area contributed by atoms with Gasteiger partial charge in [0.15, 0.2) is 0 Å². The molecule has 3 aromatic carbocycles. The first-order valence-electron chi connectivity index (χ1n) is 10.4. The number of hydrazine groups is 1. The van der Waals surface area contributed by atoms with Crippen molar-refractivity contribution >= 4 is 17.3 Å². The molecule has 3 nitrogen and oxygen atoms in total. The van der Waals surface area contributed by atoms with Crippen LogP contribution in [-0.2, 0) is 5.54 Å². The van der Waals surface area contributed by atoms with Gasteiger partial charge in [-0.25, -0.2) is 0 Å². The van der Waals surface area contributed by atoms with Gasteiger partial charge in [0, 0.05) is 5.02 Å². The van der Waals surface area contributed by atoms with Crippen LogP contribution in [0.5, 0.6) is 0 Å². The first-order valence-corrected chi connectivity index (χ1v) is 10.7. The van der Waals surface area contributed by atoms with Crippen LogP contribution in [0.4, 0.5) is 5.69 Å².